The molecule has 106 valence electrons. The number of benzene rings is 1. The van der Waals surface area contributed by atoms with Gasteiger partial charge in [-0.3, -0.25) is 0 Å². The lowest BCUT2D eigenvalue weighted by molar-refractivity contribution is 0.102. The van der Waals surface area contributed by atoms with Gasteiger partial charge in [0.25, 0.3) is 0 Å². The lowest BCUT2D eigenvalue weighted by Gasteiger charge is -2.39. The summed E-state index contributed by atoms with van der Waals surface area (Å²) >= 11 is 0. The molecule has 1 aromatic rings. The van der Waals surface area contributed by atoms with E-state index in [1.165, 1.54) is 31.6 Å². The first kappa shape index (κ1) is 14.5. The summed E-state index contributed by atoms with van der Waals surface area (Å²) in [6, 6.07) is 12.0. The van der Waals surface area contributed by atoms with E-state index in [2.05, 4.69) is 66.6 Å². The summed E-state index contributed by atoms with van der Waals surface area (Å²) in [5.41, 5.74) is 1.42. The smallest absolute Gasteiger partial charge is 0.0235 e. The first-order chi connectivity index (χ1) is 9.19. The molecule has 0 aromatic heterocycles. The van der Waals surface area contributed by atoms with Gasteiger partial charge in [-0.15, -0.1) is 0 Å². The SMILES string of the molecule is CNC(Cc1ccccc1)CC1CN(C)CCN1C. The first-order valence-corrected chi connectivity index (χ1v) is 7.29. The molecule has 1 N–H and O–H groups in total. The molecule has 1 saturated heterocycles. The number of piperazine rings is 1. The van der Waals surface area contributed by atoms with Crippen molar-refractivity contribution in [2.24, 2.45) is 0 Å². The third-order valence-electron chi connectivity index (χ3n) is 4.27. The summed E-state index contributed by atoms with van der Waals surface area (Å²) in [5, 5.41) is 3.49. The first-order valence-electron chi connectivity index (χ1n) is 7.29. The topological polar surface area (TPSA) is 18.5 Å². The molecular weight excluding hydrogens is 234 g/mol. The molecular formula is C16H27N3. The van der Waals surface area contributed by atoms with Crippen LogP contribution in [0.4, 0.5) is 0 Å². The van der Waals surface area contributed by atoms with Crippen molar-refractivity contribution in [2.75, 3.05) is 40.8 Å². The summed E-state index contributed by atoms with van der Waals surface area (Å²) in [7, 11) is 6.57. The van der Waals surface area contributed by atoms with Gasteiger partial charge in [0, 0.05) is 31.7 Å². The molecule has 1 aliphatic heterocycles. The fourth-order valence-electron chi connectivity index (χ4n) is 2.89. The zero-order valence-corrected chi connectivity index (χ0v) is 12.5. The molecule has 0 radical (unpaired) electrons. The maximum Gasteiger partial charge on any atom is 0.0235 e. The van der Waals surface area contributed by atoms with Gasteiger partial charge >= 0.3 is 0 Å². The van der Waals surface area contributed by atoms with E-state index < -0.39 is 0 Å². The van der Waals surface area contributed by atoms with Crippen molar-refractivity contribution in [2.45, 2.75) is 24.9 Å². The largest absolute Gasteiger partial charge is 0.317 e. The molecule has 0 aliphatic carbocycles. The van der Waals surface area contributed by atoms with Crippen LogP contribution in [0.5, 0.6) is 0 Å². The van der Waals surface area contributed by atoms with Gasteiger partial charge in [-0.2, -0.15) is 0 Å². The molecule has 0 spiro atoms. The van der Waals surface area contributed by atoms with Crippen LogP contribution >= 0.6 is 0 Å². The van der Waals surface area contributed by atoms with E-state index in [4.69, 9.17) is 0 Å². The second kappa shape index (κ2) is 7.04. The molecule has 2 atom stereocenters. The molecule has 2 unspecified atom stereocenters. The van der Waals surface area contributed by atoms with Crippen molar-refractivity contribution < 1.29 is 0 Å². The summed E-state index contributed by atoms with van der Waals surface area (Å²) in [5.74, 6) is 0. The second-order valence-corrected chi connectivity index (χ2v) is 5.81. The van der Waals surface area contributed by atoms with Crippen molar-refractivity contribution in [1.82, 2.24) is 15.1 Å². The van der Waals surface area contributed by atoms with Gasteiger partial charge in [0.1, 0.15) is 0 Å². The number of nitrogens with one attached hydrogen (secondary N) is 1. The van der Waals surface area contributed by atoms with Gasteiger partial charge in [-0.25, -0.2) is 0 Å². The van der Waals surface area contributed by atoms with Gasteiger partial charge < -0.3 is 15.1 Å². The summed E-state index contributed by atoms with van der Waals surface area (Å²) in [6.45, 7) is 3.56. The third kappa shape index (κ3) is 4.30. The van der Waals surface area contributed by atoms with Crippen molar-refractivity contribution in [3.8, 4) is 0 Å². The van der Waals surface area contributed by atoms with Crippen molar-refractivity contribution in [3.05, 3.63) is 35.9 Å². The Morgan fingerprint density at radius 3 is 2.63 bits per heavy atom. The van der Waals surface area contributed by atoms with Crippen LogP contribution in [0.25, 0.3) is 0 Å². The van der Waals surface area contributed by atoms with Crippen LogP contribution in [0, 0.1) is 0 Å². The van der Waals surface area contributed by atoms with E-state index in [0.717, 1.165) is 6.42 Å². The van der Waals surface area contributed by atoms with Gasteiger partial charge in [0.2, 0.25) is 0 Å². The van der Waals surface area contributed by atoms with E-state index in [9.17, 15) is 0 Å². The minimum absolute atomic E-state index is 0.557. The van der Waals surface area contributed by atoms with Crippen LogP contribution in [0.15, 0.2) is 30.3 Å². The third-order valence-corrected chi connectivity index (χ3v) is 4.27. The molecule has 3 heteroatoms. The van der Waals surface area contributed by atoms with Gasteiger partial charge in [-0.05, 0) is 39.5 Å². The lowest BCUT2D eigenvalue weighted by Crippen LogP contribution is -2.52. The average Bonchev–Trinajstić information content (AvgIpc) is 2.43. The Bertz CT molecular complexity index is 366. The monoisotopic (exact) mass is 261 g/mol. The van der Waals surface area contributed by atoms with Crippen LogP contribution in [-0.4, -0.2) is 62.7 Å². The average molecular weight is 261 g/mol. The van der Waals surface area contributed by atoms with Crippen LogP contribution in [0.1, 0.15) is 12.0 Å². The van der Waals surface area contributed by atoms with Crippen molar-refractivity contribution in [3.63, 3.8) is 0 Å². The van der Waals surface area contributed by atoms with Gasteiger partial charge in [0.05, 0.1) is 0 Å². The number of likely N-dealkylation sites (N-methyl/N-ethyl adjacent to an activating group) is 3. The van der Waals surface area contributed by atoms with E-state index in [1.807, 2.05) is 0 Å². The van der Waals surface area contributed by atoms with E-state index in [0.29, 0.717) is 12.1 Å². The van der Waals surface area contributed by atoms with Crippen LogP contribution in [0.2, 0.25) is 0 Å². The summed E-state index contributed by atoms with van der Waals surface area (Å²) in [6.07, 6.45) is 2.33. The van der Waals surface area contributed by atoms with E-state index in [-0.39, 0.29) is 0 Å². The zero-order valence-electron chi connectivity index (χ0n) is 12.5. The molecule has 1 aromatic carbocycles. The second-order valence-electron chi connectivity index (χ2n) is 5.81. The van der Waals surface area contributed by atoms with E-state index >= 15 is 0 Å². The Hall–Kier alpha value is -0.900. The molecule has 0 amide bonds. The highest BCUT2D eigenvalue weighted by molar-refractivity contribution is 5.16. The summed E-state index contributed by atoms with van der Waals surface area (Å²) in [4.78, 5) is 4.95. The van der Waals surface area contributed by atoms with Gasteiger partial charge in [0.15, 0.2) is 0 Å². The Labute approximate surface area is 117 Å². The molecule has 3 nitrogen and oxygen atoms in total. The quantitative estimate of drug-likeness (QED) is 0.865. The molecule has 0 bridgehead atoms. The molecule has 1 fully saturated rings. The predicted octanol–water partition coefficient (Wildman–Crippen LogP) is 1.45. The standard InChI is InChI=1S/C16H27N3/c1-17-15(11-14-7-5-4-6-8-14)12-16-13-18(2)9-10-19(16)3/h4-8,15-17H,9-13H2,1-3H3. The van der Waals surface area contributed by atoms with Crippen LogP contribution in [0.3, 0.4) is 0 Å². The van der Waals surface area contributed by atoms with E-state index in [1.54, 1.807) is 0 Å². The van der Waals surface area contributed by atoms with Crippen molar-refractivity contribution >= 4 is 0 Å². The molecule has 19 heavy (non-hydrogen) atoms. The van der Waals surface area contributed by atoms with Crippen LogP contribution in [-0.2, 0) is 6.42 Å². The Morgan fingerprint density at radius 1 is 1.21 bits per heavy atom. The maximum absolute atomic E-state index is 3.49. The summed E-state index contributed by atoms with van der Waals surface area (Å²) < 4.78 is 0. The highest BCUT2D eigenvalue weighted by Gasteiger charge is 2.24. The Kier molecular flexibility index (Phi) is 5.37. The highest BCUT2D eigenvalue weighted by atomic mass is 15.3. The maximum atomic E-state index is 3.49. The number of rotatable bonds is 5. The minimum atomic E-state index is 0.557. The Morgan fingerprint density at radius 2 is 1.95 bits per heavy atom. The fraction of sp³-hybridized carbons (Fsp3) is 0.625. The molecule has 1 heterocycles. The number of hydrogen-bond acceptors (Lipinski definition) is 3. The number of hydrogen-bond donors (Lipinski definition) is 1. The molecule has 2 rings (SSSR count). The fourth-order valence-corrected chi connectivity index (χ4v) is 2.89. The normalized spacial score (nSPS) is 23.4. The predicted molar refractivity (Wildman–Crippen MR) is 81.5 cm³/mol. The van der Waals surface area contributed by atoms with Gasteiger partial charge in [-0.1, -0.05) is 30.3 Å². The van der Waals surface area contributed by atoms with Crippen molar-refractivity contribution in [1.29, 1.82) is 0 Å². The minimum Gasteiger partial charge on any atom is -0.317 e. The number of nitrogens with zero attached hydrogens (tertiary/aromatic N) is 2. The zero-order chi connectivity index (χ0) is 13.7. The lowest BCUT2D eigenvalue weighted by atomic mass is 9.97. The Balaban J connectivity index is 1.91. The van der Waals surface area contributed by atoms with Crippen LogP contribution < -0.4 is 5.32 Å². The molecule has 1 aliphatic rings. The highest BCUT2D eigenvalue weighted by Crippen LogP contribution is 2.14. The molecule has 0 saturated carbocycles.